The second-order valence-corrected chi connectivity index (χ2v) is 9.75. The first-order valence-electron chi connectivity index (χ1n) is 12.2. The van der Waals surface area contributed by atoms with Crippen LogP contribution in [0.15, 0.2) is 60.8 Å². The van der Waals surface area contributed by atoms with Crippen molar-refractivity contribution < 1.29 is 9.18 Å². The van der Waals surface area contributed by atoms with Crippen molar-refractivity contribution in [3.05, 3.63) is 88.6 Å². The van der Waals surface area contributed by atoms with Crippen LogP contribution in [0, 0.1) is 17.1 Å². The van der Waals surface area contributed by atoms with Gasteiger partial charge in [0.2, 0.25) is 5.91 Å². The Morgan fingerprint density at radius 3 is 2.67 bits per heavy atom. The number of halogens is 2. The molecule has 10 heteroatoms. The molecule has 0 atom stereocenters. The molecule has 0 unspecified atom stereocenters. The summed E-state index contributed by atoms with van der Waals surface area (Å²) in [6.45, 7) is 0.430. The van der Waals surface area contributed by atoms with Crippen LogP contribution in [0.3, 0.4) is 0 Å². The van der Waals surface area contributed by atoms with Gasteiger partial charge in [0.25, 0.3) is 0 Å². The lowest BCUT2D eigenvalue weighted by Gasteiger charge is -2.17. The SMILES string of the molecule is CN(C)C(=O)Cc1cc(NCc2nc3ccccc3n2C)cc2c(Nc3ccc(F)c(Cl)c3)c(C#N)cnc12. The molecule has 3 aromatic carbocycles. The number of carbonyl (C=O) groups is 1. The van der Waals surface area contributed by atoms with Crippen molar-refractivity contribution in [2.75, 3.05) is 24.7 Å². The van der Waals surface area contributed by atoms with E-state index >= 15 is 0 Å². The van der Waals surface area contributed by atoms with Gasteiger partial charge in [-0.3, -0.25) is 9.78 Å². The highest BCUT2D eigenvalue weighted by Gasteiger charge is 2.17. The molecule has 2 aromatic heterocycles. The summed E-state index contributed by atoms with van der Waals surface area (Å²) in [5.41, 5.74) is 5.21. The molecule has 0 aliphatic carbocycles. The largest absolute Gasteiger partial charge is 0.378 e. The molecular formula is C29H25ClFN7O. The Bertz CT molecular complexity index is 1770. The number of aromatic nitrogens is 3. The van der Waals surface area contributed by atoms with Gasteiger partial charge in [0.15, 0.2) is 0 Å². The Hall–Kier alpha value is -4.68. The molecule has 0 saturated carbocycles. The highest BCUT2D eigenvalue weighted by Crippen LogP contribution is 2.34. The number of nitriles is 1. The first-order valence-corrected chi connectivity index (χ1v) is 12.5. The summed E-state index contributed by atoms with van der Waals surface area (Å²) >= 11 is 6.00. The van der Waals surface area contributed by atoms with Gasteiger partial charge in [-0.15, -0.1) is 0 Å². The second-order valence-electron chi connectivity index (χ2n) is 9.34. The van der Waals surface area contributed by atoms with E-state index in [1.54, 1.807) is 20.2 Å². The first-order chi connectivity index (χ1) is 18.7. The number of amides is 1. The van der Waals surface area contributed by atoms with Crippen LogP contribution in [0.2, 0.25) is 5.02 Å². The van der Waals surface area contributed by atoms with Crippen LogP contribution in [-0.4, -0.2) is 39.4 Å². The zero-order valence-electron chi connectivity index (χ0n) is 21.6. The maximum Gasteiger partial charge on any atom is 0.226 e. The lowest BCUT2D eigenvalue weighted by molar-refractivity contribution is -0.127. The van der Waals surface area contributed by atoms with E-state index in [1.807, 2.05) is 48.0 Å². The number of pyridine rings is 1. The van der Waals surface area contributed by atoms with E-state index in [9.17, 15) is 14.4 Å². The number of anilines is 3. The van der Waals surface area contributed by atoms with E-state index in [0.717, 1.165) is 22.5 Å². The Morgan fingerprint density at radius 2 is 1.95 bits per heavy atom. The molecule has 2 N–H and O–H groups in total. The minimum Gasteiger partial charge on any atom is -0.378 e. The van der Waals surface area contributed by atoms with Gasteiger partial charge in [0.1, 0.15) is 17.7 Å². The van der Waals surface area contributed by atoms with Gasteiger partial charge in [0, 0.05) is 44.1 Å². The van der Waals surface area contributed by atoms with Crippen molar-refractivity contribution in [2.24, 2.45) is 7.05 Å². The Labute approximate surface area is 229 Å². The number of hydrogen-bond donors (Lipinski definition) is 2. The zero-order chi connectivity index (χ0) is 27.7. The third kappa shape index (κ3) is 5.19. The molecule has 2 heterocycles. The lowest BCUT2D eigenvalue weighted by Crippen LogP contribution is -2.23. The average molecular weight is 542 g/mol. The van der Waals surface area contributed by atoms with Crippen molar-refractivity contribution in [3.8, 4) is 6.07 Å². The van der Waals surface area contributed by atoms with Crippen LogP contribution in [-0.2, 0) is 24.8 Å². The van der Waals surface area contributed by atoms with Gasteiger partial charge in [-0.25, -0.2) is 9.37 Å². The number of benzene rings is 3. The number of nitrogens with zero attached hydrogens (tertiary/aromatic N) is 5. The number of aryl methyl sites for hydroxylation is 1. The normalized spacial score (nSPS) is 11.0. The molecule has 0 fully saturated rings. The number of hydrogen-bond acceptors (Lipinski definition) is 6. The van der Waals surface area contributed by atoms with Crippen molar-refractivity contribution >= 4 is 56.5 Å². The summed E-state index contributed by atoms with van der Waals surface area (Å²) < 4.78 is 15.8. The van der Waals surface area contributed by atoms with E-state index < -0.39 is 5.82 Å². The smallest absolute Gasteiger partial charge is 0.226 e. The van der Waals surface area contributed by atoms with Gasteiger partial charge in [0.05, 0.1) is 45.8 Å². The maximum atomic E-state index is 13.8. The van der Waals surface area contributed by atoms with Crippen LogP contribution in [0.4, 0.5) is 21.5 Å². The van der Waals surface area contributed by atoms with Crippen LogP contribution in [0.5, 0.6) is 0 Å². The lowest BCUT2D eigenvalue weighted by atomic mass is 10.0. The Balaban J connectivity index is 1.60. The van der Waals surface area contributed by atoms with Crippen molar-refractivity contribution in [1.82, 2.24) is 19.4 Å². The average Bonchev–Trinajstić information content (AvgIpc) is 3.25. The monoisotopic (exact) mass is 541 g/mol. The molecule has 8 nitrogen and oxygen atoms in total. The molecule has 0 bridgehead atoms. The van der Waals surface area contributed by atoms with E-state index in [-0.39, 0.29) is 17.4 Å². The minimum atomic E-state index is -0.541. The molecule has 0 spiro atoms. The third-order valence-electron chi connectivity index (χ3n) is 6.53. The number of rotatable bonds is 7. The van der Waals surface area contributed by atoms with Crippen molar-refractivity contribution in [2.45, 2.75) is 13.0 Å². The van der Waals surface area contributed by atoms with Crippen LogP contribution < -0.4 is 10.6 Å². The van der Waals surface area contributed by atoms with Crippen LogP contribution in [0.1, 0.15) is 17.0 Å². The highest BCUT2D eigenvalue weighted by molar-refractivity contribution is 6.31. The summed E-state index contributed by atoms with van der Waals surface area (Å²) in [6, 6.07) is 18.1. The number of fused-ring (bicyclic) bond motifs is 2. The summed E-state index contributed by atoms with van der Waals surface area (Å²) in [7, 11) is 5.36. The van der Waals surface area contributed by atoms with Gasteiger partial charge >= 0.3 is 0 Å². The third-order valence-corrected chi connectivity index (χ3v) is 6.82. The standard InChI is InChI=1S/C29H25ClFN7O/c1-37(2)27(39)11-17-10-20(33-16-26-36-24-6-4-5-7-25(24)38(26)3)12-21-28(17)34-15-18(14-32)29(21)35-19-8-9-23(31)22(30)13-19/h4-10,12-13,15,33H,11,16H2,1-3H3,(H,34,35). The number of likely N-dealkylation sites (N-methyl/N-ethyl adjacent to an activating group) is 1. The summed E-state index contributed by atoms with van der Waals surface area (Å²) in [5, 5.41) is 17.1. The van der Waals surface area contributed by atoms with Crippen molar-refractivity contribution in [3.63, 3.8) is 0 Å². The fraction of sp³-hybridized carbons (Fsp3) is 0.172. The summed E-state index contributed by atoms with van der Waals surface area (Å²) in [6.07, 6.45) is 1.58. The van der Waals surface area contributed by atoms with E-state index in [1.165, 1.54) is 23.2 Å². The predicted molar refractivity (Wildman–Crippen MR) is 152 cm³/mol. The molecule has 0 saturated heterocycles. The summed E-state index contributed by atoms with van der Waals surface area (Å²) in [5.74, 6) is 0.209. The molecular weight excluding hydrogens is 517 g/mol. The molecule has 39 heavy (non-hydrogen) atoms. The fourth-order valence-electron chi connectivity index (χ4n) is 4.41. The van der Waals surface area contributed by atoms with Crippen LogP contribution >= 0.6 is 11.6 Å². The molecule has 5 aromatic rings. The first kappa shape index (κ1) is 25.9. The molecule has 196 valence electrons. The Kier molecular flexibility index (Phi) is 7.05. The zero-order valence-corrected chi connectivity index (χ0v) is 22.3. The number of carbonyl (C=O) groups excluding carboxylic acids is 1. The fourth-order valence-corrected chi connectivity index (χ4v) is 4.59. The number of nitrogens with one attached hydrogen (secondary N) is 2. The van der Waals surface area contributed by atoms with E-state index in [0.29, 0.717) is 39.9 Å². The topological polar surface area (TPSA) is 98.9 Å². The molecule has 1 amide bonds. The number of para-hydroxylation sites is 2. The van der Waals surface area contributed by atoms with Gasteiger partial charge in [-0.1, -0.05) is 23.7 Å². The maximum absolute atomic E-state index is 13.8. The highest BCUT2D eigenvalue weighted by atomic mass is 35.5. The van der Waals surface area contributed by atoms with E-state index in [4.69, 9.17) is 16.6 Å². The Morgan fingerprint density at radius 1 is 1.15 bits per heavy atom. The molecule has 5 rings (SSSR count). The predicted octanol–water partition coefficient (Wildman–Crippen LogP) is 5.77. The van der Waals surface area contributed by atoms with Crippen LogP contribution in [0.25, 0.3) is 21.9 Å². The van der Waals surface area contributed by atoms with Crippen molar-refractivity contribution in [1.29, 1.82) is 5.26 Å². The van der Waals surface area contributed by atoms with Gasteiger partial charge in [-0.2, -0.15) is 5.26 Å². The molecule has 0 aliphatic rings. The summed E-state index contributed by atoms with van der Waals surface area (Å²) in [4.78, 5) is 23.5. The number of imidazole rings is 1. The quantitative estimate of drug-likeness (QED) is 0.271. The molecule has 0 radical (unpaired) electrons. The van der Waals surface area contributed by atoms with Gasteiger partial charge in [-0.05, 0) is 48.0 Å². The second kappa shape index (κ2) is 10.6. The minimum absolute atomic E-state index is 0.0426. The molecule has 0 aliphatic heterocycles. The van der Waals surface area contributed by atoms with Gasteiger partial charge < -0.3 is 20.1 Å². The van der Waals surface area contributed by atoms with E-state index in [2.05, 4.69) is 21.7 Å².